The van der Waals surface area contributed by atoms with E-state index in [0.717, 1.165) is 10.5 Å². The Morgan fingerprint density at radius 3 is 2.48 bits per heavy atom. The topological polar surface area (TPSA) is 93.3 Å². The minimum atomic E-state index is -0.872. The maximum Gasteiger partial charge on any atom is 0.307 e. The van der Waals surface area contributed by atoms with Crippen molar-refractivity contribution in [3.05, 3.63) is 57.8 Å². The van der Waals surface area contributed by atoms with Crippen molar-refractivity contribution in [2.45, 2.75) is 23.3 Å². The van der Waals surface area contributed by atoms with Crippen LogP contribution in [0.25, 0.3) is 0 Å². The first kappa shape index (κ1) is 15.0. The molecule has 0 radical (unpaired) electrons. The number of aromatic nitrogens is 1. The van der Waals surface area contributed by atoms with Gasteiger partial charge < -0.3 is 5.11 Å². The van der Waals surface area contributed by atoms with E-state index in [9.17, 15) is 14.9 Å². The van der Waals surface area contributed by atoms with Gasteiger partial charge in [-0.3, -0.25) is 14.9 Å². The summed E-state index contributed by atoms with van der Waals surface area (Å²) in [5.41, 5.74) is 1.09. The summed E-state index contributed by atoms with van der Waals surface area (Å²) in [6.45, 7) is 1.60. The van der Waals surface area contributed by atoms with Crippen LogP contribution in [0.2, 0.25) is 0 Å². The normalized spacial score (nSPS) is 10.3. The first-order chi connectivity index (χ1) is 9.95. The predicted octanol–water partition coefficient (Wildman–Crippen LogP) is 3.08. The van der Waals surface area contributed by atoms with Crippen LogP contribution in [0, 0.1) is 17.0 Å². The summed E-state index contributed by atoms with van der Waals surface area (Å²) in [6.07, 6.45) is -0.0141. The van der Waals surface area contributed by atoms with Crippen molar-refractivity contribution in [1.82, 2.24) is 4.98 Å². The molecule has 0 atom stereocenters. The number of nitro groups is 1. The lowest BCUT2D eigenvalue weighted by molar-refractivity contribution is -0.385. The highest BCUT2D eigenvalue weighted by Crippen LogP contribution is 2.28. The van der Waals surface area contributed by atoms with Crippen LogP contribution < -0.4 is 0 Å². The zero-order valence-electron chi connectivity index (χ0n) is 11.1. The Morgan fingerprint density at radius 2 is 1.95 bits per heavy atom. The van der Waals surface area contributed by atoms with Crippen molar-refractivity contribution in [3.63, 3.8) is 0 Å². The fourth-order valence-electron chi connectivity index (χ4n) is 1.75. The molecular weight excluding hydrogens is 292 g/mol. The van der Waals surface area contributed by atoms with Gasteiger partial charge in [-0.05, 0) is 30.7 Å². The second-order valence-electron chi connectivity index (χ2n) is 4.33. The summed E-state index contributed by atoms with van der Waals surface area (Å²) in [5, 5.41) is 20.1. The maximum absolute atomic E-state index is 10.7. The summed E-state index contributed by atoms with van der Waals surface area (Å²) < 4.78 is 0. The standard InChI is InChI=1S/C14H12N2O4S/c1-9-12(16(19)20)6-7-13(15-9)21-11-4-2-10(3-5-11)8-14(17)18/h2-7H,8H2,1H3,(H,17,18). The Hall–Kier alpha value is -2.41. The number of pyridine rings is 1. The molecule has 1 N–H and O–H groups in total. The highest BCUT2D eigenvalue weighted by Gasteiger charge is 2.12. The molecule has 1 heterocycles. The van der Waals surface area contributed by atoms with Crippen LogP contribution in [-0.2, 0) is 11.2 Å². The van der Waals surface area contributed by atoms with Gasteiger partial charge in [0.05, 0.1) is 11.3 Å². The molecule has 6 nitrogen and oxygen atoms in total. The number of carboxylic acid groups (broad SMARTS) is 1. The Balaban J connectivity index is 2.13. The predicted molar refractivity (Wildman–Crippen MR) is 77.5 cm³/mol. The number of carboxylic acids is 1. The Morgan fingerprint density at radius 1 is 1.29 bits per heavy atom. The smallest absolute Gasteiger partial charge is 0.307 e. The molecule has 0 fully saturated rings. The van der Waals surface area contributed by atoms with Crippen molar-refractivity contribution < 1.29 is 14.8 Å². The van der Waals surface area contributed by atoms with Crippen LogP contribution in [0.15, 0.2) is 46.3 Å². The van der Waals surface area contributed by atoms with E-state index in [0.29, 0.717) is 10.7 Å². The molecule has 1 aromatic heterocycles. The van der Waals surface area contributed by atoms with Crippen LogP contribution in [0.5, 0.6) is 0 Å². The maximum atomic E-state index is 10.7. The minimum Gasteiger partial charge on any atom is -0.481 e. The van der Waals surface area contributed by atoms with Crippen molar-refractivity contribution in [3.8, 4) is 0 Å². The third kappa shape index (κ3) is 4.03. The van der Waals surface area contributed by atoms with Gasteiger partial charge >= 0.3 is 5.97 Å². The van der Waals surface area contributed by atoms with E-state index < -0.39 is 10.9 Å². The van der Waals surface area contributed by atoms with Gasteiger partial charge in [0.2, 0.25) is 0 Å². The fourth-order valence-corrected chi connectivity index (χ4v) is 2.58. The van der Waals surface area contributed by atoms with Crippen LogP contribution in [-0.4, -0.2) is 21.0 Å². The summed E-state index contributed by atoms with van der Waals surface area (Å²) >= 11 is 1.37. The molecule has 0 aliphatic heterocycles. The number of aryl methyl sites for hydroxylation is 1. The van der Waals surface area contributed by atoms with Crippen molar-refractivity contribution in [2.75, 3.05) is 0 Å². The molecule has 21 heavy (non-hydrogen) atoms. The van der Waals surface area contributed by atoms with E-state index >= 15 is 0 Å². The molecule has 1 aromatic carbocycles. The van der Waals surface area contributed by atoms with E-state index in [4.69, 9.17) is 5.11 Å². The number of benzene rings is 1. The molecule has 0 bridgehead atoms. The van der Waals surface area contributed by atoms with Gasteiger partial charge in [-0.1, -0.05) is 23.9 Å². The van der Waals surface area contributed by atoms with Crippen molar-refractivity contribution in [2.24, 2.45) is 0 Å². The van der Waals surface area contributed by atoms with E-state index in [2.05, 4.69) is 4.98 Å². The Labute approximate surface area is 125 Å². The summed E-state index contributed by atoms with van der Waals surface area (Å²) in [5.74, 6) is -0.872. The lowest BCUT2D eigenvalue weighted by Crippen LogP contribution is -1.99. The summed E-state index contributed by atoms with van der Waals surface area (Å²) in [6, 6.07) is 10.1. The molecule has 0 spiro atoms. The number of rotatable bonds is 5. The largest absolute Gasteiger partial charge is 0.481 e. The monoisotopic (exact) mass is 304 g/mol. The molecule has 108 valence electrons. The number of nitrogens with zero attached hydrogens (tertiary/aromatic N) is 2. The van der Waals surface area contributed by atoms with Gasteiger partial charge in [0, 0.05) is 11.0 Å². The Bertz CT molecular complexity index is 686. The summed E-state index contributed by atoms with van der Waals surface area (Å²) in [4.78, 5) is 25.9. The fraction of sp³-hybridized carbons (Fsp3) is 0.143. The van der Waals surface area contributed by atoms with Crippen LogP contribution in [0.1, 0.15) is 11.3 Å². The molecule has 0 aliphatic rings. The van der Waals surface area contributed by atoms with Gasteiger partial charge in [0.15, 0.2) is 0 Å². The number of hydrogen-bond acceptors (Lipinski definition) is 5. The summed E-state index contributed by atoms with van der Waals surface area (Å²) in [7, 11) is 0. The first-order valence-electron chi connectivity index (χ1n) is 6.06. The molecule has 0 amide bonds. The number of carbonyl (C=O) groups is 1. The van der Waals surface area contributed by atoms with Crippen molar-refractivity contribution >= 4 is 23.4 Å². The van der Waals surface area contributed by atoms with Crippen molar-refractivity contribution in [1.29, 1.82) is 0 Å². The third-order valence-corrected chi connectivity index (χ3v) is 3.67. The number of hydrogen-bond donors (Lipinski definition) is 1. The van der Waals surface area contributed by atoms with E-state index in [-0.39, 0.29) is 12.1 Å². The molecule has 2 rings (SSSR count). The van der Waals surface area contributed by atoms with E-state index in [1.807, 2.05) is 0 Å². The second-order valence-corrected chi connectivity index (χ2v) is 5.42. The van der Waals surface area contributed by atoms with Crippen LogP contribution in [0.3, 0.4) is 0 Å². The average Bonchev–Trinajstić information content (AvgIpc) is 2.40. The lowest BCUT2D eigenvalue weighted by atomic mass is 10.2. The second kappa shape index (κ2) is 6.36. The number of aliphatic carboxylic acids is 1. The quantitative estimate of drug-likeness (QED) is 0.674. The highest BCUT2D eigenvalue weighted by molar-refractivity contribution is 7.99. The third-order valence-electron chi connectivity index (χ3n) is 2.73. The van der Waals surface area contributed by atoms with Gasteiger partial charge in [-0.2, -0.15) is 0 Å². The molecule has 0 aliphatic carbocycles. The first-order valence-corrected chi connectivity index (χ1v) is 6.88. The van der Waals surface area contributed by atoms with Gasteiger partial charge in [-0.25, -0.2) is 4.98 Å². The van der Waals surface area contributed by atoms with Crippen LogP contribution in [0.4, 0.5) is 5.69 Å². The van der Waals surface area contributed by atoms with Gasteiger partial charge in [0.1, 0.15) is 10.7 Å². The SMILES string of the molecule is Cc1nc(Sc2ccc(CC(=O)O)cc2)ccc1[N+](=O)[O-]. The minimum absolute atomic E-state index is 0.00356. The van der Waals surface area contributed by atoms with Gasteiger partial charge in [-0.15, -0.1) is 0 Å². The zero-order valence-corrected chi connectivity index (χ0v) is 12.0. The van der Waals surface area contributed by atoms with Crippen LogP contribution >= 0.6 is 11.8 Å². The molecule has 7 heteroatoms. The van der Waals surface area contributed by atoms with Gasteiger partial charge in [0.25, 0.3) is 5.69 Å². The Kier molecular flexibility index (Phi) is 4.54. The van der Waals surface area contributed by atoms with E-state index in [1.54, 1.807) is 37.3 Å². The molecular formula is C14H12N2O4S. The molecule has 0 unspecified atom stereocenters. The highest BCUT2D eigenvalue weighted by atomic mass is 32.2. The van der Waals surface area contributed by atoms with E-state index in [1.165, 1.54) is 17.8 Å². The molecule has 0 saturated heterocycles. The lowest BCUT2D eigenvalue weighted by Gasteiger charge is -2.04. The molecule has 0 saturated carbocycles. The zero-order chi connectivity index (χ0) is 15.4. The average molecular weight is 304 g/mol. The molecule has 2 aromatic rings.